The van der Waals surface area contributed by atoms with E-state index in [1.807, 2.05) is 20.9 Å². The molecule has 1 heterocycles. The van der Waals surface area contributed by atoms with Crippen molar-refractivity contribution < 1.29 is 9.90 Å². The summed E-state index contributed by atoms with van der Waals surface area (Å²) in [5, 5.41) is 16.9. The Morgan fingerprint density at radius 3 is 2.58 bits per heavy atom. The maximum Gasteiger partial charge on any atom is 0.323 e. The summed E-state index contributed by atoms with van der Waals surface area (Å²) in [6.45, 7) is 6.23. The number of aliphatic carboxylic acids is 1. The number of nitrogens with one attached hydrogen (secondary N) is 1. The molecule has 0 aliphatic carbocycles. The van der Waals surface area contributed by atoms with E-state index in [1.54, 1.807) is 11.6 Å². The average Bonchev–Trinajstić information content (AvgIpc) is 2.62. The average molecular weight is 332 g/mol. The van der Waals surface area contributed by atoms with Gasteiger partial charge < -0.3 is 5.11 Å². The van der Waals surface area contributed by atoms with Crippen LogP contribution in [-0.2, 0) is 24.8 Å². The van der Waals surface area contributed by atoms with Gasteiger partial charge in [-0.1, -0.05) is 20.3 Å². The van der Waals surface area contributed by atoms with Crippen LogP contribution in [-0.4, -0.2) is 26.4 Å². The number of hydrogen-bond donors (Lipinski definition) is 2. The lowest BCUT2D eigenvalue weighted by Crippen LogP contribution is -2.49. The highest BCUT2D eigenvalue weighted by molar-refractivity contribution is 9.10. The molecule has 0 aliphatic heterocycles. The van der Waals surface area contributed by atoms with Crippen LogP contribution in [0.25, 0.3) is 0 Å². The van der Waals surface area contributed by atoms with Gasteiger partial charge in [-0.25, -0.2) is 0 Å². The number of halogens is 1. The second kappa shape index (κ2) is 6.52. The van der Waals surface area contributed by atoms with Gasteiger partial charge in [0.1, 0.15) is 5.54 Å². The molecule has 1 aromatic rings. The van der Waals surface area contributed by atoms with Gasteiger partial charge in [0.05, 0.1) is 15.9 Å². The van der Waals surface area contributed by atoms with Gasteiger partial charge in [-0.3, -0.25) is 14.8 Å². The highest BCUT2D eigenvalue weighted by atomic mass is 79.9. The summed E-state index contributed by atoms with van der Waals surface area (Å²) in [4.78, 5) is 11.4. The van der Waals surface area contributed by atoms with Gasteiger partial charge >= 0.3 is 5.97 Å². The summed E-state index contributed by atoms with van der Waals surface area (Å²) in [6.07, 6.45) is 2.26. The maximum atomic E-state index is 11.4. The molecule has 1 atom stereocenters. The van der Waals surface area contributed by atoms with Crippen LogP contribution in [0.4, 0.5) is 0 Å². The Labute approximate surface area is 122 Å². The summed E-state index contributed by atoms with van der Waals surface area (Å²) in [7, 11) is 1.87. The molecule has 1 rings (SSSR count). The van der Waals surface area contributed by atoms with Crippen LogP contribution in [0.3, 0.4) is 0 Å². The zero-order valence-electron chi connectivity index (χ0n) is 12.0. The molecule has 0 bridgehead atoms. The Bertz CT molecular complexity index is 459. The molecule has 1 unspecified atom stereocenters. The Morgan fingerprint density at radius 1 is 1.53 bits per heavy atom. The van der Waals surface area contributed by atoms with E-state index in [1.165, 1.54) is 0 Å². The van der Waals surface area contributed by atoms with Crippen LogP contribution >= 0.6 is 15.9 Å². The van der Waals surface area contributed by atoms with Crippen molar-refractivity contribution >= 4 is 21.9 Å². The molecule has 2 N–H and O–H groups in total. The first-order valence-corrected chi connectivity index (χ1v) is 7.33. The smallest absolute Gasteiger partial charge is 0.323 e. The van der Waals surface area contributed by atoms with Crippen molar-refractivity contribution in [3.05, 3.63) is 15.9 Å². The Kier molecular flexibility index (Phi) is 5.55. The lowest BCUT2D eigenvalue weighted by Gasteiger charge is -2.26. The summed E-state index contributed by atoms with van der Waals surface area (Å²) < 4.78 is 2.76. The summed E-state index contributed by atoms with van der Waals surface area (Å²) in [5.74, 6) is -0.816. The third-order valence-corrected chi connectivity index (χ3v) is 4.29. The zero-order valence-corrected chi connectivity index (χ0v) is 13.5. The van der Waals surface area contributed by atoms with Gasteiger partial charge in [0.15, 0.2) is 0 Å². The predicted octanol–water partition coefficient (Wildman–Crippen LogP) is 2.48. The van der Waals surface area contributed by atoms with Crippen LogP contribution in [0.1, 0.15) is 45.0 Å². The first kappa shape index (κ1) is 16.2. The molecule has 0 aliphatic rings. The number of carbonyl (C=O) groups is 1. The monoisotopic (exact) mass is 331 g/mol. The minimum Gasteiger partial charge on any atom is -0.480 e. The van der Waals surface area contributed by atoms with Gasteiger partial charge in [-0.2, -0.15) is 5.10 Å². The minimum absolute atomic E-state index is 0.479. The molecule has 1 aromatic heterocycles. The molecule has 5 nitrogen and oxygen atoms in total. The highest BCUT2D eigenvalue weighted by Crippen LogP contribution is 2.22. The molecular formula is C13H22BrN3O2. The molecule has 0 saturated carbocycles. The molecule has 108 valence electrons. The molecular weight excluding hydrogens is 310 g/mol. The summed E-state index contributed by atoms with van der Waals surface area (Å²) in [6, 6.07) is 0. The van der Waals surface area contributed by atoms with E-state index >= 15 is 0 Å². The fraction of sp³-hybridized carbons (Fsp3) is 0.692. The first-order chi connectivity index (χ1) is 8.85. The van der Waals surface area contributed by atoms with Crippen molar-refractivity contribution in [1.82, 2.24) is 15.1 Å². The fourth-order valence-corrected chi connectivity index (χ4v) is 2.82. The second-order valence-electron chi connectivity index (χ2n) is 4.93. The number of nitrogens with zero attached hydrogens (tertiary/aromatic N) is 2. The SMILES string of the molecule is CCCC(C)(NCc1c(Br)c(CC)nn1C)C(=O)O. The van der Waals surface area contributed by atoms with Crippen molar-refractivity contribution in [3.63, 3.8) is 0 Å². The minimum atomic E-state index is -0.898. The van der Waals surface area contributed by atoms with E-state index in [-0.39, 0.29) is 0 Å². The second-order valence-corrected chi connectivity index (χ2v) is 5.72. The Morgan fingerprint density at radius 2 is 2.16 bits per heavy atom. The number of aryl methyl sites for hydroxylation is 2. The van der Waals surface area contributed by atoms with Crippen LogP contribution in [0.15, 0.2) is 4.47 Å². The van der Waals surface area contributed by atoms with E-state index in [4.69, 9.17) is 0 Å². The van der Waals surface area contributed by atoms with Gasteiger partial charge in [-0.05, 0) is 35.7 Å². The zero-order chi connectivity index (χ0) is 14.6. The quantitative estimate of drug-likeness (QED) is 0.805. The van der Waals surface area contributed by atoms with Crippen molar-refractivity contribution in [2.45, 2.75) is 52.1 Å². The van der Waals surface area contributed by atoms with E-state index in [0.717, 1.165) is 28.7 Å². The Hall–Kier alpha value is -0.880. The highest BCUT2D eigenvalue weighted by Gasteiger charge is 2.32. The third kappa shape index (κ3) is 3.57. The maximum absolute atomic E-state index is 11.4. The standard InChI is InChI=1S/C13H22BrN3O2/c1-5-7-13(3,12(18)19)15-8-10-11(14)9(6-2)16-17(10)4/h15H,5-8H2,1-4H3,(H,18,19). The normalized spacial score (nSPS) is 14.4. The molecule has 19 heavy (non-hydrogen) atoms. The predicted molar refractivity (Wildman–Crippen MR) is 78.1 cm³/mol. The van der Waals surface area contributed by atoms with Gasteiger partial charge in [0.25, 0.3) is 0 Å². The van der Waals surface area contributed by atoms with Gasteiger partial charge in [0, 0.05) is 13.6 Å². The lowest BCUT2D eigenvalue weighted by atomic mass is 9.96. The Balaban J connectivity index is 2.86. The van der Waals surface area contributed by atoms with Gasteiger partial charge in [0.2, 0.25) is 0 Å². The molecule has 0 spiro atoms. The van der Waals surface area contributed by atoms with Crippen molar-refractivity contribution in [1.29, 1.82) is 0 Å². The third-order valence-electron chi connectivity index (χ3n) is 3.37. The summed E-state index contributed by atoms with van der Waals surface area (Å²) in [5.41, 5.74) is 1.07. The molecule has 0 amide bonds. The number of hydrogen-bond acceptors (Lipinski definition) is 3. The molecule has 0 saturated heterocycles. The summed E-state index contributed by atoms with van der Waals surface area (Å²) >= 11 is 3.54. The topological polar surface area (TPSA) is 67.2 Å². The van der Waals surface area contributed by atoms with E-state index in [0.29, 0.717) is 13.0 Å². The van der Waals surface area contributed by atoms with Crippen molar-refractivity contribution in [2.24, 2.45) is 7.05 Å². The largest absolute Gasteiger partial charge is 0.480 e. The van der Waals surface area contributed by atoms with Crippen molar-refractivity contribution in [3.8, 4) is 0 Å². The van der Waals surface area contributed by atoms with E-state index in [2.05, 4.69) is 26.3 Å². The number of aromatic nitrogens is 2. The van der Waals surface area contributed by atoms with Crippen LogP contribution in [0.5, 0.6) is 0 Å². The molecule has 0 aromatic carbocycles. The van der Waals surface area contributed by atoms with Crippen LogP contribution in [0.2, 0.25) is 0 Å². The van der Waals surface area contributed by atoms with E-state index < -0.39 is 11.5 Å². The number of rotatable bonds is 7. The first-order valence-electron chi connectivity index (χ1n) is 6.54. The van der Waals surface area contributed by atoms with E-state index in [9.17, 15) is 9.90 Å². The van der Waals surface area contributed by atoms with Crippen molar-refractivity contribution in [2.75, 3.05) is 0 Å². The van der Waals surface area contributed by atoms with Crippen LogP contribution in [0, 0.1) is 0 Å². The lowest BCUT2D eigenvalue weighted by molar-refractivity contribution is -0.144. The molecule has 0 radical (unpaired) electrons. The van der Waals surface area contributed by atoms with Gasteiger partial charge in [-0.15, -0.1) is 0 Å². The molecule has 0 fully saturated rings. The fourth-order valence-electron chi connectivity index (χ4n) is 2.06. The molecule has 6 heteroatoms. The number of carboxylic acids is 1. The number of carboxylic acid groups (broad SMARTS) is 1. The van der Waals surface area contributed by atoms with Crippen LogP contribution < -0.4 is 5.32 Å².